The van der Waals surface area contributed by atoms with Crippen LogP contribution >= 0.6 is 11.6 Å². The SMILES string of the molecule is COc1cc(Cl)cc(CNC(C)C)c1OC(F)F. The number of halogens is 3. The molecule has 1 aromatic carbocycles. The lowest BCUT2D eigenvalue weighted by Crippen LogP contribution is -2.22. The van der Waals surface area contributed by atoms with Gasteiger partial charge in [0.1, 0.15) is 0 Å². The van der Waals surface area contributed by atoms with E-state index in [0.29, 0.717) is 17.1 Å². The van der Waals surface area contributed by atoms with Crippen LogP contribution in [0, 0.1) is 0 Å². The van der Waals surface area contributed by atoms with E-state index in [1.54, 1.807) is 6.07 Å². The Morgan fingerprint density at radius 2 is 2.00 bits per heavy atom. The monoisotopic (exact) mass is 279 g/mol. The molecule has 0 amide bonds. The van der Waals surface area contributed by atoms with E-state index in [1.165, 1.54) is 13.2 Å². The molecule has 0 aliphatic carbocycles. The molecule has 0 radical (unpaired) electrons. The second-order valence-corrected chi connectivity index (χ2v) is 4.45. The summed E-state index contributed by atoms with van der Waals surface area (Å²) in [5.74, 6) is 0.216. The average Bonchev–Trinajstić information content (AvgIpc) is 2.28. The molecule has 0 saturated heterocycles. The quantitative estimate of drug-likeness (QED) is 0.865. The lowest BCUT2D eigenvalue weighted by molar-refractivity contribution is -0.0518. The van der Waals surface area contributed by atoms with Gasteiger partial charge in [0.25, 0.3) is 0 Å². The van der Waals surface area contributed by atoms with Crippen LogP contribution in [-0.4, -0.2) is 19.8 Å². The highest BCUT2D eigenvalue weighted by Crippen LogP contribution is 2.35. The standard InChI is InChI=1S/C12H16ClF2NO2/c1-7(2)16-6-8-4-9(13)5-10(17-3)11(8)18-12(14)15/h4-5,7,12,16H,6H2,1-3H3. The van der Waals surface area contributed by atoms with Crippen molar-refractivity contribution in [1.82, 2.24) is 5.32 Å². The van der Waals surface area contributed by atoms with Crippen LogP contribution in [0.15, 0.2) is 12.1 Å². The molecule has 18 heavy (non-hydrogen) atoms. The number of benzene rings is 1. The van der Waals surface area contributed by atoms with Crippen LogP contribution < -0.4 is 14.8 Å². The minimum Gasteiger partial charge on any atom is -0.493 e. The van der Waals surface area contributed by atoms with Gasteiger partial charge in [-0.05, 0) is 6.07 Å². The predicted molar refractivity (Wildman–Crippen MR) is 66.6 cm³/mol. The Hall–Kier alpha value is -1.07. The molecule has 3 nitrogen and oxygen atoms in total. The van der Waals surface area contributed by atoms with Crippen molar-refractivity contribution >= 4 is 11.6 Å². The Bertz CT molecular complexity index is 400. The van der Waals surface area contributed by atoms with E-state index in [2.05, 4.69) is 10.1 Å². The first-order valence-electron chi connectivity index (χ1n) is 5.48. The molecule has 0 unspecified atom stereocenters. The van der Waals surface area contributed by atoms with Crippen LogP contribution in [0.2, 0.25) is 5.02 Å². The lowest BCUT2D eigenvalue weighted by atomic mass is 10.1. The summed E-state index contributed by atoms with van der Waals surface area (Å²) in [6.07, 6.45) is 0. The fourth-order valence-electron chi connectivity index (χ4n) is 1.44. The van der Waals surface area contributed by atoms with Gasteiger partial charge in [0.2, 0.25) is 0 Å². The molecule has 0 heterocycles. The molecule has 1 rings (SSSR count). The van der Waals surface area contributed by atoms with E-state index in [-0.39, 0.29) is 17.5 Å². The van der Waals surface area contributed by atoms with Gasteiger partial charge in [-0.3, -0.25) is 0 Å². The van der Waals surface area contributed by atoms with Crippen molar-refractivity contribution in [2.45, 2.75) is 33.0 Å². The first-order chi connectivity index (χ1) is 8.43. The largest absolute Gasteiger partial charge is 0.493 e. The summed E-state index contributed by atoms with van der Waals surface area (Å²) in [7, 11) is 1.38. The smallest absolute Gasteiger partial charge is 0.387 e. The molecule has 0 saturated carbocycles. The topological polar surface area (TPSA) is 30.5 Å². The average molecular weight is 280 g/mol. The Morgan fingerprint density at radius 3 is 2.50 bits per heavy atom. The molecule has 0 aliphatic rings. The third-order valence-corrected chi connectivity index (χ3v) is 2.44. The summed E-state index contributed by atoms with van der Waals surface area (Å²) >= 11 is 5.90. The summed E-state index contributed by atoms with van der Waals surface area (Å²) in [5.41, 5.74) is 0.536. The number of nitrogens with one attached hydrogen (secondary N) is 1. The Balaban J connectivity index is 3.06. The molecule has 0 bridgehead atoms. The van der Waals surface area contributed by atoms with Gasteiger partial charge in [0, 0.05) is 29.2 Å². The summed E-state index contributed by atoms with van der Waals surface area (Å²) in [6, 6.07) is 3.24. The maximum Gasteiger partial charge on any atom is 0.387 e. The third kappa shape index (κ3) is 4.31. The minimum atomic E-state index is -2.90. The Kier molecular flexibility index (Phi) is 5.62. The predicted octanol–water partition coefficient (Wildman–Crippen LogP) is 3.45. The second-order valence-electron chi connectivity index (χ2n) is 4.01. The highest BCUT2D eigenvalue weighted by atomic mass is 35.5. The van der Waals surface area contributed by atoms with Gasteiger partial charge in [-0.25, -0.2) is 0 Å². The number of rotatable bonds is 6. The highest BCUT2D eigenvalue weighted by molar-refractivity contribution is 6.30. The fraction of sp³-hybridized carbons (Fsp3) is 0.500. The Morgan fingerprint density at radius 1 is 1.33 bits per heavy atom. The van der Waals surface area contributed by atoms with Crippen LogP contribution in [0.5, 0.6) is 11.5 Å². The zero-order valence-electron chi connectivity index (χ0n) is 10.5. The Labute approximate surface area is 110 Å². The first-order valence-corrected chi connectivity index (χ1v) is 5.86. The van der Waals surface area contributed by atoms with Crippen molar-refractivity contribution in [3.63, 3.8) is 0 Å². The van der Waals surface area contributed by atoms with Crippen molar-refractivity contribution in [2.75, 3.05) is 7.11 Å². The molecule has 0 fully saturated rings. The van der Waals surface area contributed by atoms with Crippen LogP contribution in [0.3, 0.4) is 0 Å². The maximum atomic E-state index is 12.4. The molecule has 0 atom stereocenters. The van der Waals surface area contributed by atoms with Gasteiger partial charge in [0.05, 0.1) is 7.11 Å². The van der Waals surface area contributed by atoms with Gasteiger partial charge in [0.15, 0.2) is 11.5 Å². The number of hydrogen-bond acceptors (Lipinski definition) is 3. The van der Waals surface area contributed by atoms with E-state index in [0.717, 1.165) is 0 Å². The van der Waals surface area contributed by atoms with Crippen molar-refractivity contribution in [3.05, 3.63) is 22.7 Å². The number of methoxy groups -OCH3 is 1. The zero-order valence-corrected chi connectivity index (χ0v) is 11.2. The summed E-state index contributed by atoms with van der Waals surface area (Å²) < 4.78 is 34.3. The highest BCUT2D eigenvalue weighted by Gasteiger charge is 2.16. The molecular weight excluding hydrogens is 264 g/mol. The number of ether oxygens (including phenoxy) is 2. The summed E-state index contributed by atoms with van der Waals surface area (Å²) in [6.45, 7) is 1.37. The van der Waals surface area contributed by atoms with Crippen LogP contribution in [0.4, 0.5) is 8.78 Å². The van der Waals surface area contributed by atoms with Crippen LogP contribution in [-0.2, 0) is 6.54 Å². The van der Waals surface area contributed by atoms with Gasteiger partial charge >= 0.3 is 6.61 Å². The zero-order chi connectivity index (χ0) is 13.7. The van der Waals surface area contributed by atoms with E-state index in [4.69, 9.17) is 16.3 Å². The van der Waals surface area contributed by atoms with Crippen LogP contribution in [0.25, 0.3) is 0 Å². The molecule has 102 valence electrons. The maximum absolute atomic E-state index is 12.4. The van der Waals surface area contributed by atoms with Crippen molar-refractivity contribution in [1.29, 1.82) is 0 Å². The fourth-order valence-corrected chi connectivity index (χ4v) is 1.67. The molecule has 0 aromatic heterocycles. The van der Waals surface area contributed by atoms with Crippen molar-refractivity contribution in [2.24, 2.45) is 0 Å². The van der Waals surface area contributed by atoms with E-state index >= 15 is 0 Å². The van der Waals surface area contributed by atoms with Crippen molar-refractivity contribution < 1.29 is 18.3 Å². The normalized spacial score (nSPS) is 11.1. The van der Waals surface area contributed by atoms with Crippen molar-refractivity contribution in [3.8, 4) is 11.5 Å². The van der Waals surface area contributed by atoms with Gasteiger partial charge in [-0.2, -0.15) is 8.78 Å². The molecule has 1 aromatic rings. The van der Waals surface area contributed by atoms with Gasteiger partial charge < -0.3 is 14.8 Å². The number of alkyl halides is 2. The van der Waals surface area contributed by atoms with Gasteiger partial charge in [-0.15, -0.1) is 0 Å². The number of hydrogen-bond donors (Lipinski definition) is 1. The molecule has 1 N–H and O–H groups in total. The molecular formula is C12H16ClF2NO2. The molecule has 6 heteroatoms. The third-order valence-electron chi connectivity index (χ3n) is 2.22. The van der Waals surface area contributed by atoms with E-state index in [1.807, 2.05) is 13.8 Å². The minimum absolute atomic E-state index is 0.0186. The van der Waals surface area contributed by atoms with E-state index in [9.17, 15) is 8.78 Å². The second kappa shape index (κ2) is 6.75. The summed E-state index contributed by atoms with van der Waals surface area (Å²) in [5, 5.41) is 3.53. The van der Waals surface area contributed by atoms with Crippen LogP contribution in [0.1, 0.15) is 19.4 Å². The first kappa shape index (κ1) is 15.0. The molecule has 0 spiro atoms. The van der Waals surface area contributed by atoms with Gasteiger partial charge in [-0.1, -0.05) is 25.4 Å². The lowest BCUT2D eigenvalue weighted by Gasteiger charge is -2.16. The van der Waals surface area contributed by atoms with E-state index < -0.39 is 6.61 Å². The summed E-state index contributed by atoms with van der Waals surface area (Å²) in [4.78, 5) is 0. The molecule has 0 aliphatic heterocycles.